The Kier molecular flexibility index (Phi) is 4.70. The highest BCUT2D eigenvalue weighted by Crippen LogP contribution is 2.25. The highest BCUT2D eigenvalue weighted by atomic mass is 19.1. The second-order valence-electron chi connectivity index (χ2n) is 7.34. The molecule has 5 rings (SSSR count). The van der Waals surface area contributed by atoms with Gasteiger partial charge in [0.1, 0.15) is 17.2 Å². The van der Waals surface area contributed by atoms with Crippen LogP contribution < -0.4 is 5.32 Å². The van der Waals surface area contributed by atoms with Crippen LogP contribution in [0.4, 0.5) is 10.2 Å². The molecule has 156 valence electrons. The van der Waals surface area contributed by atoms with Gasteiger partial charge in [-0.25, -0.2) is 14.2 Å². The van der Waals surface area contributed by atoms with Crippen LogP contribution in [0.25, 0.3) is 23.0 Å². The molecule has 4 aromatic rings. The minimum absolute atomic E-state index is 0.0286. The van der Waals surface area contributed by atoms with Crippen molar-refractivity contribution in [1.29, 1.82) is 0 Å². The van der Waals surface area contributed by atoms with Crippen LogP contribution in [0, 0.1) is 5.82 Å². The Balaban J connectivity index is 1.48. The van der Waals surface area contributed by atoms with Crippen molar-refractivity contribution in [2.75, 3.05) is 11.9 Å². The fourth-order valence-corrected chi connectivity index (χ4v) is 3.84. The van der Waals surface area contributed by atoms with E-state index in [0.29, 0.717) is 23.6 Å². The maximum Gasteiger partial charge on any atom is 0.341 e. The molecule has 3 N–H and O–H groups in total. The lowest BCUT2D eigenvalue weighted by Gasteiger charge is -2.12. The molecule has 1 aliphatic rings. The number of aromatic amines is 1. The number of rotatable bonds is 6. The number of anilines is 1. The van der Waals surface area contributed by atoms with E-state index in [9.17, 15) is 14.3 Å². The van der Waals surface area contributed by atoms with Gasteiger partial charge in [0.25, 0.3) is 0 Å². The number of aromatic nitrogens is 5. The van der Waals surface area contributed by atoms with Crippen molar-refractivity contribution in [3.05, 3.63) is 71.2 Å². The Morgan fingerprint density at radius 1 is 1.29 bits per heavy atom. The Morgan fingerprint density at radius 3 is 3.03 bits per heavy atom. The summed E-state index contributed by atoms with van der Waals surface area (Å²) in [5.41, 5.74) is 4.72. The van der Waals surface area contributed by atoms with Crippen LogP contribution in [-0.4, -0.2) is 42.2 Å². The van der Waals surface area contributed by atoms with Crippen molar-refractivity contribution >= 4 is 23.5 Å². The molecule has 0 atom stereocenters. The molecule has 4 heterocycles. The van der Waals surface area contributed by atoms with Gasteiger partial charge in [0.05, 0.1) is 18.1 Å². The van der Waals surface area contributed by atoms with Crippen LogP contribution >= 0.6 is 0 Å². The second kappa shape index (κ2) is 7.67. The van der Waals surface area contributed by atoms with Crippen LogP contribution in [0.5, 0.6) is 0 Å². The molecular weight excluding hydrogens is 399 g/mol. The standard InChI is InChI=1S/C22H19FN6O2/c23-15-7-14(9-24-11-15)19-8-20(29-21(28-19)17(12-27-29)22(30)31)25-6-5-13-10-26-18-4-2-1-3-16(13)18/h1,3,7-12,25-26H,2,4-6H2,(H,30,31). The quantitative estimate of drug-likeness (QED) is 0.442. The van der Waals surface area contributed by atoms with E-state index in [-0.39, 0.29) is 11.2 Å². The van der Waals surface area contributed by atoms with E-state index in [1.54, 1.807) is 6.07 Å². The molecular formula is C22H19FN6O2. The third-order valence-corrected chi connectivity index (χ3v) is 5.34. The number of aromatic carboxylic acids is 1. The molecule has 0 aromatic carbocycles. The number of H-pyrrole nitrogens is 1. The van der Waals surface area contributed by atoms with Crippen molar-refractivity contribution < 1.29 is 14.3 Å². The molecule has 0 bridgehead atoms. The molecule has 0 unspecified atom stereocenters. The minimum atomic E-state index is -1.13. The molecule has 4 aromatic heterocycles. The molecule has 9 heteroatoms. The van der Waals surface area contributed by atoms with Gasteiger partial charge in [0.15, 0.2) is 5.65 Å². The monoisotopic (exact) mass is 418 g/mol. The number of pyridine rings is 1. The molecule has 0 spiro atoms. The number of aryl methyl sites for hydroxylation is 1. The van der Waals surface area contributed by atoms with E-state index in [1.807, 2.05) is 6.20 Å². The molecule has 0 amide bonds. The minimum Gasteiger partial charge on any atom is -0.477 e. The summed E-state index contributed by atoms with van der Waals surface area (Å²) < 4.78 is 15.1. The fourth-order valence-electron chi connectivity index (χ4n) is 3.84. The zero-order valence-corrected chi connectivity index (χ0v) is 16.5. The lowest BCUT2D eigenvalue weighted by molar-refractivity contribution is 0.0698. The lowest BCUT2D eigenvalue weighted by Crippen LogP contribution is -2.11. The maximum atomic E-state index is 13.7. The number of fused-ring (bicyclic) bond motifs is 2. The molecule has 0 aliphatic heterocycles. The fraction of sp³-hybridized carbons (Fsp3) is 0.182. The molecule has 1 aliphatic carbocycles. The summed E-state index contributed by atoms with van der Waals surface area (Å²) in [6.45, 7) is 0.598. The van der Waals surface area contributed by atoms with Crippen LogP contribution in [0.1, 0.15) is 33.6 Å². The average Bonchev–Trinajstić information content (AvgIpc) is 3.38. The number of hydrogen-bond acceptors (Lipinski definition) is 5. The third-order valence-electron chi connectivity index (χ3n) is 5.34. The summed E-state index contributed by atoms with van der Waals surface area (Å²) in [4.78, 5) is 23.2. The Bertz CT molecular complexity index is 1320. The molecule has 0 radical (unpaired) electrons. The Hall–Kier alpha value is -4.01. The van der Waals surface area contributed by atoms with E-state index < -0.39 is 11.8 Å². The average molecular weight is 418 g/mol. The van der Waals surface area contributed by atoms with Crippen LogP contribution in [0.2, 0.25) is 0 Å². The summed E-state index contributed by atoms with van der Waals surface area (Å²) >= 11 is 0. The molecule has 31 heavy (non-hydrogen) atoms. The van der Waals surface area contributed by atoms with Gasteiger partial charge < -0.3 is 15.4 Å². The normalized spacial score (nSPS) is 12.8. The van der Waals surface area contributed by atoms with Gasteiger partial charge in [-0.15, -0.1) is 0 Å². The predicted molar refractivity (Wildman–Crippen MR) is 113 cm³/mol. The van der Waals surface area contributed by atoms with Crippen LogP contribution in [0.15, 0.2) is 43.0 Å². The first-order valence-corrected chi connectivity index (χ1v) is 9.92. The summed E-state index contributed by atoms with van der Waals surface area (Å²) in [6.07, 6.45) is 13.0. The molecule has 8 nitrogen and oxygen atoms in total. The van der Waals surface area contributed by atoms with Crippen molar-refractivity contribution in [3.8, 4) is 11.3 Å². The highest BCUT2D eigenvalue weighted by Gasteiger charge is 2.18. The maximum absolute atomic E-state index is 13.7. The molecule has 0 fully saturated rings. The van der Waals surface area contributed by atoms with Crippen molar-refractivity contribution in [3.63, 3.8) is 0 Å². The van der Waals surface area contributed by atoms with Crippen molar-refractivity contribution in [2.24, 2.45) is 0 Å². The lowest BCUT2D eigenvalue weighted by atomic mass is 10.0. The first-order chi connectivity index (χ1) is 15.1. The number of hydrogen-bond donors (Lipinski definition) is 3. The second-order valence-corrected chi connectivity index (χ2v) is 7.34. The topological polar surface area (TPSA) is 108 Å². The smallest absolute Gasteiger partial charge is 0.341 e. The van der Waals surface area contributed by atoms with Gasteiger partial charge in [-0.1, -0.05) is 12.2 Å². The zero-order chi connectivity index (χ0) is 21.4. The molecule has 0 saturated carbocycles. The largest absolute Gasteiger partial charge is 0.477 e. The third kappa shape index (κ3) is 3.54. The number of nitrogens with zero attached hydrogens (tertiary/aromatic N) is 4. The van der Waals surface area contributed by atoms with Crippen LogP contribution in [-0.2, 0) is 12.8 Å². The number of nitrogens with one attached hydrogen (secondary N) is 2. The van der Waals surface area contributed by atoms with Gasteiger partial charge in [-0.05, 0) is 36.5 Å². The van der Waals surface area contributed by atoms with Gasteiger partial charge in [-0.3, -0.25) is 4.98 Å². The van der Waals surface area contributed by atoms with Crippen LogP contribution in [0.3, 0.4) is 0 Å². The first kappa shape index (κ1) is 19.0. The van der Waals surface area contributed by atoms with E-state index in [1.165, 1.54) is 39.8 Å². The summed E-state index contributed by atoms with van der Waals surface area (Å²) in [7, 11) is 0. The summed E-state index contributed by atoms with van der Waals surface area (Å²) in [5.74, 6) is -1.06. The number of carbonyl (C=O) groups is 1. The predicted octanol–water partition coefficient (Wildman–Crippen LogP) is 3.57. The van der Waals surface area contributed by atoms with Gasteiger partial charge in [0.2, 0.25) is 0 Å². The van der Waals surface area contributed by atoms with E-state index >= 15 is 0 Å². The van der Waals surface area contributed by atoms with Gasteiger partial charge in [-0.2, -0.15) is 9.61 Å². The summed E-state index contributed by atoms with van der Waals surface area (Å²) in [5, 5.41) is 17.0. The number of carboxylic acids is 1. The van der Waals surface area contributed by atoms with E-state index in [4.69, 9.17) is 0 Å². The van der Waals surface area contributed by atoms with Crippen molar-refractivity contribution in [1.82, 2.24) is 24.6 Å². The van der Waals surface area contributed by atoms with Gasteiger partial charge in [0, 0.05) is 36.3 Å². The highest BCUT2D eigenvalue weighted by molar-refractivity contribution is 5.94. The Labute approximate surface area is 176 Å². The van der Waals surface area contributed by atoms with Gasteiger partial charge >= 0.3 is 5.97 Å². The first-order valence-electron chi connectivity index (χ1n) is 9.92. The van der Waals surface area contributed by atoms with E-state index in [2.05, 4.69) is 37.5 Å². The number of halogens is 1. The van der Waals surface area contributed by atoms with E-state index in [0.717, 1.165) is 25.5 Å². The number of carboxylic acid groups (broad SMARTS) is 1. The summed E-state index contributed by atoms with van der Waals surface area (Å²) in [6, 6.07) is 3.03. The SMILES string of the molecule is O=C(O)c1cnn2c(NCCc3c[nH]c4c3C=CCC4)cc(-c3cncc(F)c3)nc12. The number of allylic oxidation sites excluding steroid dienone is 1. The Morgan fingerprint density at radius 2 is 2.19 bits per heavy atom. The van der Waals surface area contributed by atoms with Crippen molar-refractivity contribution in [2.45, 2.75) is 19.3 Å². The molecule has 0 saturated heterocycles. The zero-order valence-electron chi connectivity index (χ0n) is 16.5.